The minimum atomic E-state index is 0.548. The van der Waals surface area contributed by atoms with Gasteiger partial charge in [-0.25, -0.2) is 9.50 Å². The first kappa shape index (κ1) is 13.5. The van der Waals surface area contributed by atoms with Crippen LogP contribution < -0.4 is 5.73 Å². The van der Waals surface area contributed by atoms with Crippen LogP contribution in [0.3, 0.4) is 0 Å². The zero-order valence-corrected chi connectivity index (χ0v) is 12.1. The van der Waals surface area contributed by atoms with Crippen LogP contribution in [-0.2, 0) is 13.0 Å². The summed E-state index contributed by atoms with van der Waals surface area (Å²) >= 11 is 0. The van der Waals surface area contributed by atoms with Crippen LogP contribution in [0.4, 0.5) is 0 Å². The topological polar surface area (TPSA) is 59.5 Å². The fourth-order valence-electron chi connectivity index (χ4n) is 3.05. The van der Waals surface area contributed by atoms with Gasteiger partial charge in [0.2, 0.25) is 0 Å². The fourth-order valence-corrected chi connectivity index (χ4v) is 3.05. The second-order valence-electron chi connectivity index (χ2n) is 5.68. The molecule has 1 unspecified atom stereocenters. The van der Waals surface area contributed by atoms with Crippen LogP contribution in [0.15, 0.2) is 18.3 Å². The minimum Gasteiger partial charge on any atom is -0.326 e. The fraction of sp³-hybridized carbons (Fsp3) is 0.600. The van der Waals surface area contributed by atoms with Crippen LogP contribution in [-0.4, -0.2) is 39.1 Å². The molecule has 108 valence electrons. The molecule has 3 heterocycles. The molecule has 1 aliphatic rings. The van der Waals surface area contributed by atoms with E-state index in [2.05, 4.69) is 21.9 Å². The van der Waals surface area contributed by atoms with Crippen LogP contribution >= 0.6 is 0 Å². The number of piperidine rings is 1. The predicted octanol–water partition coefficient (Wildman–Crippen LogP) is 1.46. The molecule has 1 fully saturated rings. The molecule has 1 saturated heterocycles. The number of fused-ring (bicyclic) bond motifs is 1. The van der Waals surface area contributed by atoms with E-state index in [0.717, 1.165) is 30.0 Å². The van der Waals surface area contributed by atoms with Gasteiger partial charge in [0.1, 0.15) is 0 Å². The highest BCUT2D eigenvalue weighted by Crippen LogP contribution is 2.19. The molecule has 0 spiro atoms. The zero-order valence-electron chi connectivity index (χ0n) is 12.1. The average Bonchev–Trinajstić information content (AvgIpc) is 2.88. The summed E-state index contributed by atoms with van der Waals surface area (Å²) < 4.78 is 1.86. The van der Waals surface area contributed by atoms with Gasteiger partial charge in [-0.05, 0) is 49.5 Å². The lowest BCUT2D eigenvalue weighted by molar-refractivity contribution is 0.181. The van der Waals surface area contributed by atoms with E-state index >= 15 is 0 Å². The quantitative estimate of drug-likeness (QED) is 0.916. The number of likely N-dealkylation sites (tertiary alicyclic amines) is 1. The number of hydrogen-bond acceptors (Lipinski definition) is 4. The molecule has 1 atom stereocenters. The summed E-state index contributed by atoms with van der Waals surface area (Å²) in [4.78, 5) is 7.17. The zero-order chi connectivity index (χ0) is 13.9. The minimum absolute atomic E-state index is 0.548. The van der Waals surface area contributed by atoms with Crippen molar-refractivity contribution >= 4 is 5.65 Å². The predicted molar refractivity (Wildman–Crippen MR) is 79.4 cm³/mol. The van der Waals surface area contributed by atoms with Crippen LogP contribution in [0.2, 0.25) is 0 Å². The van der Waals surface area contributed by atoms with E-state index in [9.17, 15) is 0 Å². The van der Waals surface area contributed by atoms with Crippen molar-refractivity contribution in [2.75, 3.05) is 19.6 Å². The summed E-state index contributed by atoms with van der Waals surface area (Å²) in [7, 11) is 0. The Balaban J connectivity index is 1.74. The third-order valence-corrected chi connectivity index (χ3v) is 4.20. The van der Waals surface area contributed by atoms with E-state index < -0.39 is 0 Å². The summed E-state index contributed by atoms with van der Waals surface area (Å²) in [6, 6.07) is 4.03. The highest BCUT2D eigenvalue weighted by atomic mass is 15.3. The molecule has 0 saturated carbocycles. The van der Waals surface area contributed by atoms with Gasteiger partial charge >= 0.3 is 0 Å². The molecule has 0 radical (unpaired) electrons. The van der Waals surface area contributed by atoms with Crippen molar-refractivity contribution in [1.82, 2.24) is 19.5 Å². The van der Waals surface area contributed by atoms with Crippen LogP contribution in [0, 0.1) is 5.92 Å². The Morgan fingerprint density at radius 1 is 1.45 bits per heavy atom. The van der Waals surface area contributed by atoms with E-state index in [0.29, 0.717) is 12.5 Å². The second-order valence-corrected chi connectivity index (χ2v) is 5.68. The van der Waals surface area contributed by atoms with Crippen molar-refractivity contribution < 1.29 is 0 Å². The van der Waals surface area contributed by atoms with E-state index in [1.165, 1.54) is 25.9 Å². The molecule has 0 amide bonds. The first-order valence-electron chi connectivity index (χ1n) is 7.55. The maximum absolute atomic E-state index is 5.66. The van der Waals surface area contributed by atoms with Gasteiger partial charge in [-0.15, -0.1) is 0 Å². The third-order valence-electron chi connectivity index (χ3n) is 4.20. The number of nitrogens with two attached hydrogens (primary N) is 1. The molecule has 0 bridgehead atoms. The summed E-state index contributed by atoms with van der Waals surface area (Å²) in [6.07, 6.45) is 5.52. The van der Waals surface area contributed by atoms with Crippen LogP contribution in [0.5, 0.6) is 0 Å². The van der Waals surface area contributed by atoms with Crippen LogP contribution in [0.1, 0.15) is 31.2 Å². The Bertz CT molecular complexity index is 577. The largest absolute Gasteiger partial charge is 0.326 e. The number of nitrogens with zero attached hydrogens (tertiary/aromatic N) is 4. The lowest BCUT2D eigenvalue weighted by Crippen LogP contribution is -2.36. The molecule has 0 aliphatic carbocycles. The SMILES string of the molecule is CCN1CCCC(Cc2nc3cc(CN)ccn3n2)C1. The summed E-state index contributed by atoms with van der Waals surface area (Å²) in [5, 5.41) is 4.58. The molecule has 1 aliphatic heterocycles. The average molecular weight is 273 g/mol. The number of rotatable bonds is 4. The van der Waals surface area contributed by atoms with Crippen molar-refractivity contribution in [3.8, 4) is 0 Å². The van der Waals surface area contributed by atoms with Gasteiger partial charge in [-0.1, -0.05) is 6.92 Å². The van der Waals surface area contributed by atoms with E-state index in [1.807, 2.05) is 22.8 Å². The summed E-state index contributed by atoms with van der Waals surface area (Å²) in [5.74, 6) is 1.65. The number of aromatic nitrogens is 3. The third kappa shape index (κ3) is 2.83. The molecular formula is C15H23N5. The Kier molecular flexibility index (Phi) is 3.98. The molecule has 2 aromatic rings. The molecule has 20 heavy (non-hydrogen) atoms. The molecule has 0 aromatic carbocycles. The highest BCUT2D eigenvalue weighted by molar-refractivity contribution is 5.40. The van der Waals surface area contributed by atoms with Crippen molar-refractivity contribution in [3.63, 3.8) is 0 Å². The summed E-state index contributed by atoms with van der Waals surface area (Å²) in [5.41, 5.74) is 7.68. The normalized spacial score (nSPS) is 20.6. The molecule has 5 nitrogen and oxygen atoms in total. The summed E-state index contributed by atoms with van der Waals surface area (Å²) in [6.45, 7) is 6.35. The van der Waals surface area contributed by atoms with E-state index in [4.69, 9.17) is 5.73 Å². The molecule has 5 heteroatoms. The first-order chi connectivity index (χ1) is 9.78. The Morgan fingerprint density at radius 2 is 2.35 bits per heavy atom. The molecule has 2 aromatic heterocycles. The lowest BCUT2D eigenvalue weighted by atomic mass is 9.94. The van der Waals surface area contributed by atoms with Gasteiger partial charge in [0.15, 0.2) is 11.5 Å². The van der Waals surface area contributed by atoms with E-state index in [-0.39, 0.29) is 0 Å². The van der Waals surface area contributed by atoms with Crippen molar-refractivity contribution in [3.05, 3.63) is 29.7 Å². The van der Waals surface area contributed by atoms with Crippen molar-refractivity contribution in [2.24, 2.45) is 11.7 Å². The van der Waals surface area contributed by atoms with Gasteiger partial charge in [0.05, 0.1) is 0 Å². The molecular weight excluding hydrogens is 250 g/mol. The lowest BCUT2D eigenvalue weighted by Gasteiger charge is -2.31. The maximum Gasteiger partial charge on any atom is 0.155 e. The van der Waals surface area contributed by atoms with Crippen molar-refractivity contribution in [2.45, 2.75) is 32.7 Å². The smallest absolute Gasteiger partial charge is 0.155 e. The maximum atomic E-state index is 5.66. The molecule has 3 rings (SSSR count). The van der Waals surface area contributed by atoms with Gasteiger partial charge in [0.25, 0.3) is 0 Å². The molecule has 2 N–H and O–H groups in total. The van der Waals surface area contributed by atoms with Gasteiger partial charge < -0.3 is 10.6 Å². The highest BCUT2D eigenvalue weighted by Gasteiger charge is 2.20. The van der Waals surface area contributed by atoms with Crippen LogP contribution in [0.25, 0.3) is 5.65 Å². The first-order valence-corrected chi connectivity index (χ1v) is 7.55. The Labute approximate surface area is 119 Å². The second kappa shape index (κ2) is 5.89. The van der Waals surface area contributed by atoms with Gasteiger partial charge in [-0.3, -0.25) is 0 Å². The van der Waals surface area contributed by atoms with E-state index in [1.54, 1.807) is 0 Å². The number of hydrogen-bond donors (Lipinski definition) is 1. The Hall–Kier alpha value is -1.46. The van der Waals surface area contributed by atoms with Gasteiger partial charge in [0, 0.05) is 25.7 Å². The standard InChI is InChI=1S/C15H23N5/c1-2-19-6-3-4-13(11-19)8-14-17-15-9-12(10-16)5-7-20(15)18-14/h5,7,9,13H,2-4,6,8,10-11,16H2,1H3. The Morgan fingerprint density at radius 3 is 3.15 bits per heavy atom. The van der Waals surface area contributed by atoms with Gasteiger partial charge in [-0.2, -0.15) is 5.10 Å². The monoisotopic (exact) mass is 273 g/mol. The van der Waals surface area contributed by atoms with Crippen molar-refractivity contribution in [1.29, 1.82) is 0 Å². The number of pyridine rings is 1.